The number of anilines is 1. The molecular weight excluding hydrogens is 434 g/mol. The molecule has 0 spiro atoms. The third-order valence-corrected chi connectivity index (χ3v) is 6.29. The minimum absolute atomic E-state index is 0.0167. The second-order valence-electron chi connectivity index (χ2n) is 8.75. The molecule has 8 nitrogen and oxygen atoms in total. The maximum Gasteiger partial charge on any atom is 0.257 e. The Morgan fingerprint density at radius 1 is 1.12 bits per heavy atom. The molecular formula is C26H31N3O5. The van der Waals surface area contributed by atoms with Crippen molar-refractivity contribution < 1.29 is 23.9 Å². The Hall–Kier alpha value is -3.39. The van der Waals surface area contributed by atoms with E-state index in [4.69, 9.17) is 9.47 Å². The van der Waals surface area contributed by atoms with Gasteiger partial charge < -0.3 is 25.0 Å². The molecule has 2 aromatic rings. The Labute approximate surface area is 199 Å². The number of carbonyl (C=O) groups is 3. The molecule has 0 saturated carbocycles. The first-order valence-electron chi connectivity index (χ1n) is 11.8. The Morgan fingerprint density at radius 3 is 2.68 bits per heavy atom. The van der Waals surface area contributed by atoms with Crippen molar-refractivity contribution in [2.45, 2.75) is 50.9 Å². The Balaban J connectivity index is 1.46. The van der Waals surface area contributed by atoms with Gasteiger partial charge in [-0.25, -0.2) is 0 Å². The van der Waals surface area contributed by atoms with Gasteiger partial charge in [0.1, 0.15) is 18.5 Å². The summed E-state index contributed by atoms with van der Waals surface area (Å²) >= 11 is 0. The maximum atomic E-state index is 13.3. The highest BCUT2D eigenvalue weighted by atomic mass is 16.5. The monoisotopic (exact) mass is 465 g/mol. The minimum Gasteiger partial charge on any atom is -0.490 e. The van der Waals surface area contributed by atoms with Crippen LogP contribution in [0, 0.1) is 0 Å². The number of ether oxygens (including phenoxy) is 2. The molecule has 1 fully saturated rings. The van der Waals surface area contributed by atoms with Crippen LogP contribution in [0.2, 0.25) is 0 Å². The highest BCUT2D eigenvalue weighted by Gasteiger charge is 2.39. The summed E-state index contributed by atoms with van der Waals surface area (Å²) in [6, 6.07) is 13.8. The molecule has 34 heavy (non-hydrogen) atoms. The van der Waals surface area contributed by atoms with Gasteiger partial charge in [-0.3, -0.25) is 14.4 Å². The molecule has 0 aromatic heterocycles. The van der Waals surface area contributed by atoms with E-state index in [1.54, 1.807) is 54.4 Å². The predicted molar refractivity (Wildman–Crippen MR) is 128 cm³/mol. The molecule has 0 unspecified atom stereocenters. The zero-order valence-corrected chi connectivity index (χ0v) is 19.6. The Kier molecular flexibility index (Phi) is 7.47. The van der Waals surface area contributed by atoms with Gasteiger partial charge in [0.05, 0.1) is 24.1 Å². The van der Waals surface area contributed by atoms with Crippen molar-refractivity contribution in [3.63, 3.8) is 0 Å². The summed E-state index contributed by atoms with van der Waals surface area (Å²) in [5, 5.41) is 5.73. The Morgan fingerprint density at radius 2 is 1.91 bits per heavy atom. The Bertz CT molecular complexity index is 1040. The third-order valence-electron chi connectivity index (χ3n) is 6.29. The number of amides is 3. The number of nitrogens with zero attached hydrogens (tertiary/aromatic N) is 1. The van der Waals surface area contributed by atoms with Crippen molar-refractivity contribution in [2.24, 2.45) is 0 Å². The molecule has 2 aromatic carbocycles. The summed E-state index contributed by atoms with van der Waals surface area (Å²) in [6.45, 7) is 2.94. The number of hydrogen-bond donors (Lipinski definition) is 2. The summed E-state index contributed by atoms with van der Waals surface area (Å²) in [7, 11) is 1.77. The summed E-state index contributed by atoms with van der Waals surface area (Å²) in [5.74, 6) is -0.0116. The van der Waals surface area contributed by atoms with E-state index >= 15 is 0 Å². The van der Waals surface area contributed by atoms with Gasteiger partial charge in [-0.15, -0.1) is 0 Å². The lowest BCUT2D eigenvalue weighted by Gasteiger charge is -2.42. The van der Waals surface area contributed by atoms with E-state index in [0.29, 0.717) is 42.0 Å². The predicted octanol–water partition coefficient (Wildman–Crippen LogP) is 3.24. The van der Waals surface area contributed by atoms with E-state index in [9.17, 15) is 14.4 Å². The van der Waals surface area contributed by atoms with Crippen LogP contribution in [0.15, 0.2) is 48.5 Å². The molecule has 4 rings (SSSR count). The van der Waals surface area contributed by atoms with Crippen LogP contribution in [0.1, 0.15) is 53.3 Å². The van der Waals surface area contributed by atoms with Crippen LogP contribution < -0.4 is 15.4 Å². The molecule has 2 heterocycles. The topological polar surface area (TPSA) is 97.0 Å². The number of hydrogen-bond acceptors (Lipinski definition) is 5. The summed E-state index contributed by atoms with van der Waals surface area (Å²) in [6.07, 6.45) is 2.10. The zero-order valence-electron chi connectivity index (χ0n) is 19.6. The maximum absolute atomic E-state index is 13.3. The standard InChI is InChI=1S/C26H31N3O5/c1-3-13-27-24(30)15-19-10-11-21-23(34-19)16-33-22-12-9-18(14-20(22)26(32)29(21)2)28-25(31)17-7-5-4-6-8-17/h4-9,12,14,19,21,23H,3,10-11,13,15-16H2,1-2H3,(H,27,30)(H,28,31)/t19-,21+,23-/m1/s1. The lowest BCUT2D eigenvalue weighted by Crippen LogP contribution is -2.54. The lowest BCUT2D eigenvalue weighted by molar-refractivity contribution is -0.134. The first-order chi connectivity index (χ1) is 16.5. The smallest absolute Gasteiger partial charge is 0.257 e. The van der Waals surface area contributed by atoms with Gasteiger partial charge >= 0.3 is 0 Å². The van der Waals surface area contributed by atoms with Gasteiger partial charge in [-0.2, -0.15) is 0 Å². The molecule has 0 aliphatic carbocycles. The van der Waals surface area contributed by atoms with Crippen molar-refractivity contribution >= 4 is 23.4 Å². The molecule has 3 atom stereocenters. The molecule has 8 heteroatoms. The fraction of sp³-hybridized carbons (Fsp3) is 0.423. The van der Waals surface area contributed by atoms with E-state index in [2.05, 4.69) is 10.6 Å². The molecule has 2 aliphatic heterocycles. The van der Waals surface area contributed by atoms with E-state index < -0.39 is 0 Å². The minimum atomic E-state index is -0.322. The zero-order chi connectivity index (χ0) is 24.1. The van der Waals surface area contributed by atoms with Gasteiger partial charge in [0.25, 0.3) is 11.8 Å². The number of nitrogens with one attached hydrogen (secondary N) is 2. The van der Waals surface area contributed by atoms with E-state index in [0.717, 1.165) is 12.8 Å². The molecule has 0 bridgehead atoms. The number of likely N-dealkylation sites (N-methyl/N-ethyl adjacent to an activating group) is 1. The number of rotatable bonds is 6. The largest absolute Gasteiger partial charge is 0.490 e. The molecule has 2 aliphatic rings. The van der Waals surface area contributed by atoms with Crippen molar-refractivity contribution in [1.82, 2.24) is 10.2 Å². The van der Waals surface area contributed by atoms with Crippen LogP contribution in [0.5, 0.6) is 5.75 Å². The van der Waals surface area contributed by atoms with Crippen LogP contribution in [0.3, 0.4) is 0 Å². The number of carbonyl (C=O) groups excluding carboxylic acids is 3. The fourth-order valence-electron chi connectivity index (χ4n) is 4.44. The average molecular weight is 466 g/mol. The normalized spacial score (nSPS) is 21.9. The van der Waals surface area contributed by atoms with Crippen LogP contribution in [0.4, 0.5) is 5.69 Å². The van der Waals surface area contributed by atoms with Crippen molar-refractivity contribution in [3.8, 4) is 5.75 Å². The van der Waals surface area contributed by atoms with Crippen LogP contribution in [0.25, 0.3) is 0 Å². The number of fused-ring (bicyclic) bond motifs is 2. The molecule has 3 amide bonds. The second-order valence-corrected chi connectivity index (χ2v) is 8.75. The first kappa shape index (κ1) is 23.8. The van der Waals surface area contributed by atoms with Crippen molar-refractivity contribution in [2.75, 3.05) is 25.5 Å². The van der Waals surface area contributed by atoms with E-state index in [1.165, 1.54) is 0 Å². The van der Waals surface area contributed by atoms with Gasteiger partial charge in [-0.1, -0.05) is 25.1 Å². The van der Waals surface area contributed by atoms with E-state index in [1.807, 2.05) is 13.0 Å². The first-order valence-corrected chi connectivity index (χ1v) is 11.8. The van der Waals surface area contributed by atoms with Crippen molar-refractivity contribution in [3.05, 3.63) is 59.7 Å². The van der Waals surface area contributed by atoms with Gasteiger partial charge in [0.2, 0.25) is 5.91 Å². The van der Waals surface area contributed by atoms with Gasteiger partial charge in [-0.05, 0) is 49.6 Å². The van der Waals surface area contributed by atoms with Gasteiger partial charge in [0.15, 0.2) is 0 Å². The highest BCUT2D eigenvalue weighted by molar-refractivity contribution is 6.05. The quantitative estimate of drug-likeness (QED) is 0.683. The second kappa shape index (κ2) is 10.7. The average Bonchev–Trinajstić information content (AvgIpc) is 2.85. The van der Waals surface area contributed by atoms with Crippen LogP contribution >= 0.6 is 0 Å². The van der Waals surface area contributed by atoms with Crippen LogP contribution in [-0.4, -0.2) is 61.1 Å². The SMILES string of the molecule is CCCNC(=O)C[C@H]1CC[C@H]2[C@@H](COc3ccc(NC(=O)c4ccccc4)cc3C(=O)N2C)O1. The molecule has 180 valence electrons. The highest BCUT2D eigenvalue weighted by Crippen LogP contribution is 2.32. The molecule has 2 N–H and O–H groups in total. The van der Waals surface area contributed by atoms with Gasteiger partial charge in [0, 0.05) is 24.8 Å². The molecule has 0 radical (unpaired) electrons. The molecule has 1 saturated heterocycles. The fourth-order valence-corrected chi connectivity index (χ4v) is 4.44. The van der Waals surface area contributed by atoms with E-state index in [-0.39, 0.29) is 42.6 Å². The lowest BCUT2D eigenvalue weighted by atomic mass is 9.94. The summed E-state index contributed by atoms with van der Waals surface area (Å²) in [4.78, 5) is 39.7. The van der Waals surface area contributed by atoms with Crippen molar-refractivity contribution in [1.29, 1.82) is 0 Å². The third kappa shape index (κ3) is 5.39. The summed E-state index contributed by atoms with van der Waals surface area (Å²) < 4.78 is 12.2. The summed E-state index contributed by atoms with van der Waals surface area (Å²) in [5.41, 5.74) is 1.45. The number of benzene rings is 2. The van der Waals surface area contributed by atoms with Crippen LogP contribution in [-0.2, 0) is 9.53 Å².